The monoisotopic (exact) mass is 301 g/mol. The van der Waals surface area contributed by atoms with Crippen LogP contribution in [0.3, 0.4) is 0 Å². The summed E-state index contributed by atoms with van der Waals surface area (Å²) in [5.41, 5.74) is -0.465. The van der Waals surface area contributed by atoms with Crippen molar-refractivity contribution in [3.8, 4) is 0 Å². The van der Waals surface area contributed by atoms with E-state index in [2.05, 4.69) is 19.2 Å². The van der Waals surface area contributed by atoms with Crippen LogP contribution in [0, 0.1) is 5.92 Å². The lowest BCUT2D eigenvalue weighted by molar-refractivity contribution is -0.0953. The summed E-state index contributed by atoms with van der Waals surface area (Å²) in [7, 11) is 0. The molecule has 2 aliphatic rings. The topological polar surface area (TPSA) is 41.5 Å². The third-order valence-electron chi connectivity index (χ3n) is 4.52. The molecule has 0 aromatic carbocycles. The van der Waals surface area contributed by atoms with Gasteiger partial charge in [-0.1, -0.05) is 13.8 Å². The second kappa shape index (κ2) is 6.99. The van der Waals surface area contributed by atoms with E-state index >= 15 is 0 Å². The zero-order valence-electron chi connectivity index (χ0n) is 13.3. The zero-order valence-corrected chi connectivity index (χ0v) is 14.1. The lowest BCUT2D eigenvalue weighted by atomic mass is 9.85. The molecule has 3 nitrogen and oxygen atoms in total. The number of hydrogen-bond acceptors (Lipinski definition) is 4. The SMILES string of the molecule is CC(C)CC(C)(O)CNC1CCOC2(CCSCC2)C1. The summed E-state index contributed by atoms with van der Waals surface area (Å²) < 4.78 is 6.12. The van der Waals surface area contributed by atoms with Crippen molar-refractivity contribution in [2.45, 2.75) is 70.1 Å². The highest BCUT2D eigenvalue weighted by molar-refractivity contribution is 7.99. The standard InChI is InChI=1S/C16H31NO2S/c1-13(2)10-15(3,18)12-17-14-4-7-19-16(11-14)5-8-20-9-6-16/h13-14,17-18H,4-12H2,1-3H3. The van der Waals surface area contributed by atoms with Gasteiger partial charge in [0, 0.05) is 19.2 Å². The molecule has 0 aliphatic carbocycles. The summed E-state index contributed by atoms with van der Waals surface area (Å²) in [5, 5.41) is 14.0. The fourth-order valence-electron chi connectivity index (χ4n) is 3.61. The van der Waals surface area contributed by atoms with E-state index < -0.39 is 5.60 Å². The number of nitrogens with one attached hydrogen (secondary N) is 1. The van der Waals surface area contributed by atoms with Crippen LogP contribution in [0.2, 0.25) is 0 Å². The maximum absolute atomic E-state index is 10.4. The van der Waals surface area contributed by atoms with Gasteiger partial charge < -0.3 is 15.2 Å². The van der Waals surface area contributed by atoms with E-state index in [0.29, 0.717) is 18.5 Å². The molecule has 2 heterocycles. The van der Waals surface area contributed by atoms with Crippen LogP contribution in [0.15, 0.2) is 0 Å². The Hall–Kier alpha value is 0.230. The minimum Gasteiger partial charge on any atom is -0.389 e. The lowest BCUT2D eigenvalue weighted by Crippen LogP contribution is -2.51. The Balaban J connectivity index is 1.81. The Bertz CT molecular complexity index is 295. The largest absolute Gasteiger partial charge is 0.389 e. The van der Waals surface area contributed by atoms with Crippen LogP contribution in [0.25, 0.3) is 0 Å². The third kappa shape index (κ3) is 4.90. The van der Waals surface area contributed by atoms with Crippen molar-refractivity contribution in [2.75, 3.05) is 24.7 Å². The van der Waals surface area contributed by atoms with Crippen molar-refractivity contribution >= 4 is 11.8 Å². The Morgan fingerprint density at radius 1 is 1.40 bits per heavy atom. The van der Waals surface area contributed by atoms with Gasteiger partial charge in [0.1, 0.15) is 0 Å². The Kier molecular flexibility index (Phi) is 5.80. The second-order valence-corrected chi connectivity index (χ2v) is 8.53. The van der Waals surface area contributed by atoms with Crippen molar-refractivity contribution in [3.63, 3.8) is 0 Å². The molecule has 2 unspecified atom stereocenters. The van der Waals surface area contributed by atoms with E-state index in [1.165, 1.54) is 24.3 Å². The van der Waals surface area contributed by atoms with Gasteiger partial charge in [-0.05, 0) is 56.5 Å². The highest BCUT2D eigenvalue weighted by Gasteiger charge is 2.39. The predicted octanol–water partition coefficient (Wildman–Crippen LogP) is 2.82. The molecule has 4 heteroatoms. The fourth-order valence-corrected chi connectivity index (χ4v) is 4.85. The minimum atomic E-state index is -0.595. The Morgan fingerprint density at radius 2 is 2.10 bits per heavy atom. The molecule has 0 amide bonds. The van der Waals surface area contributed by atoms with Crippen LogP contribution in [-0.4, -0.2) is 47.0 Å². The van der Waals surface area contributed by atoms with Crippen molar-refractivity contribution in [1.29, 1.82) is 0 Å². The molecule has 0 aromatic rings. The molecule has 2 rings (SSSR count). The molecule has 2 fully saturated rings. The maximum Gasteiger partial charge on any atom is 0.0746 e. The van der Waals surface area contributed by atoms with Crippen LogP contribution < -0.4 is 5.32 Å². The second-order valence-electron chi connectivity index (χ2n) is 7.31. The molecule has 2 saturated heterocycles. The summed E-state index contributed by atoms with van der Waals surface area (Å²) in [6, 6.07) is 0.505. The first-order valence-electron chi connectivity index (χ1n) is 8.08. The molecule has 0 radical (unpaired) electrons. The van der Waals surface area contributed by atoms with E-state index in [1.54, 1.807) is 0 Å². The first-order chi connectivity index (χ1) is 9.41. The Labute approximate surface area is 128 Å². The zero-order chi connectivity index (χ0) is 14.6. The highest BCUT2D eigenvalue weighted by atomic mass is 32.2. The van der Waals surface area contributed by atoms with Crippen LogP contribution in [0.4, 0.5) is 0 Å². The molecular formula is C16H31NO2S. The quantitative estimate of drug-likeness (QED) is 0.819. The van der Waals surface area contributed by atoms with Gasteiger partial charge in [0.25, 0.3) is 0 Å². The molecule has 2 N–H and O–H groups in total. The van der Waals surface area contributed by atoms with E-state index in [9.17, 15) is 5.11 Å². The van der Waals surface area contributed by atoms with E-state index in [-0.39, 0.29) is 5.60 Å². The molecular weight excluding hydrogens is 270 g/mol. The number of aliphatic hydroxyl groups is 1. The summed E-state index contributed by atoms with van der Waals surface area (Å²) >= 11 is 2.05. The number of hydrogen-bond donors (Lipinski definition) is 2. The highest BCUT2D eigenvalue weighted by Crippen LogP contribution is 2.37. The van der Waals surface area contributed by atoms with Gasteiger partial charge in [0.15, 0.2) is 0 Å². The number of rotatable bonds is 5. The lowest BCUT2D eigenvalue weighted by Gasteiger charge is -2.44. The molecule has 1 spiro atoms. The molecule has 118 valence electrons. The minimum absolute atomic E-state index is 0.130. The summed E-state index contributed by atoms with van der Waals surface area (Å²) in [4.78, 5) is 0. The van der Waals surface area contributed by atoms with Crippen LogP contribution in [-0.2, 0) is 4.74 Å². The van der Waals surface area contributed by atoms with Crippen molar-refractivity contribution in [1.82, 2.24) is 5.32 Å². The Morgan fingerprint density at radius 3 is 2.75 bits per heavy atom. The maximum atomic E-state index is 10.4. The average molecular weight is 301 g/mol. The van der Waals surface area contributed by atoms with E-state index in [0.717, 1.165) is 25.9 Å². The van der Waals surface area contributed by atoms with Gasteiger partial charge in [0.05, 0.1) is 11.2 Å². The van der Waals surface area contributed by atoms with Gasteiger partial charge >= 0.3 is 0 Å². The molecule has 20 heavy (non-hydrogen) atoms. The predicted molar refractivity (Wildman–Crippen MR) is 86.3 cm³/mol. The van der Waals surface area contributed by atoms with Crippen LogP contribution in [0.5, 0.6) is 0 Å². The molecule has 0 bridgehead atoms. The van der Waals surface area contributed by atoms with Crippen molar-refractivity contribution < 1.29 is 9.84 Å². The number of thioether (sulfide) groups is 1. The molecule has 2 atom stereocenters. The van der Waals surface area contributed by atoms with Crippen LogP contribution in [0.1, 0.15) is 52.9 Å². The summed E-state index contributed by atoms with van der Waals surface area (Å²) in [5.74, 6) is 3.00. The molecule has 0 saturated carbocycles. The van der Waals surface area contributed by atoms with Gasteiger partial charge in [0.2, 0.25) is 0 Å². The van der Waals surface area contributed by atoms with Gasteiger partial charge in [-0.15, -0.1) is 0 Å². The smallest absolute Gasteiger partial charge is 0.0746 e. The fraction of sp³-hybridized carbons (Fsp3) is 1.00. The molecule has 2 aliphatic heterocycles. The first kappa shape index (κ1) is 16.6. The van der Waals surface area contributed by atoms with E-state index in [1.807, 2.05) is 18.7 Å². The average Bonchev–Trinajstić information content (AvgIpc) is 2.36. The van der Waals surface area contributed by atoms with Crippen LogP contribution >= 0.6 is 11.8 Å². The van der Waals surface area contributed by atoms with Crippen molar-refractivity contribution in [3.05, 3.63) is 0 Å². The van der Waals surface area contributed by atoms with Gasteiger partial charge in [-0.2, -0.15) is 11.8 Å². The normalized spacial score (nSPS) is 29.6. The molecule has 0 aromatic heterocycles. The van der Waals surface area contributed by atoms with Gasteiger partial charge in [-0.3, -0.25) is 0 Å². The van der Waals surface area contributed by atoms with E-state index in [4.69, 9.17) is 4.74 Å². The number of ether oxygens (including phenoxy) is 1. The van der Waals surface area contributed by atoms with Gasteiger partial charge in [-0.25, -0.2) is 0 Å². The first-order valence-corrected chi connectivity index (χ1v) is 9.24. The third-order valence-corrected chi connectivity index (χ3v) is 5.50. The van der Waals surface area contributed by atoms with Crippen molar-refractivity contribution in [2.24, 2.45) is 5.92 Å². The summed E-state index contributed by atoms with van der Waals surface area (Å²) in [6.45, 7) is 7.84. The summed E-state index contributed by atoms with van der Waals surface area (Å²) in [6.07, 6.45) is 5.43.